The summed E-state index contributed by atoms with van der Waals surface area (Å²) in [5.41, 5.74) is 1.38. The minimum Gasteiger partial charge on any atom is -0.481 e. The van der Waals surface area contributed by atoms with Gasteiger partial charge in [0, 0.05) is 13.1 Å². The fourth-order valence-electron chi connectivity index (χ4n) is 2.08. The van der Waals surface area contributed by atoms with Crippen molar-refractivity contribution in [3.63, 3.8) is 0 Å². The predicted octanol–water partition coefficient (Wildman–Crippen LogP) is 3.62. The molecular formula is C17H27NO2. The van der Waals surface area contributed by atoms with Crippen LogP contribution in [-0.4, -0.2) is 30.0 Å². The highest BCUT2D eigenvalue weighted by Crippen LogP contribution is 2.24. The summed E-state index contributed by atoms with van der Waals surface area (Å²) in [6.45, 7) is 13.7. The van der Waals surface area contributed by atoms with E-state index in [1.54, 1.807) is 11.8 Å². The van der Waals surface area contributed by atoms with Gasteiger partial charge < -0.3 is 9.64 Å². The summed E-state index contributed by atoms with van der Waals surface area (Å²) in [5.74, 6) is 0.779. The number of likely N-dealkylation sites (N-methyl/N-ethyl adjacent to an activating group) is 1. The van der Waals surface area contributed by atoms with Crippen molar-refractivity contribution in [2.45, 2.75) is 53.1 Å². The number of carbonyl (C=O) groups excluding carboxylic acids is 1. The molecule has 1 rings (SSSR count). The quantitative estimate of drug-likeness (QED) is 0.822. The lowest BCUT2D eigenvalue weighted by molar-refractivity contribution is -0.137. The normalized spacial score (nSPS) is 12.9. The molecule has 3 heteroatoms. The van der Waals surface area contributed by atoms with Crippen LogP contribution in [0.3, 0.4) is 0 Å². The fourth-order valence-corrected chi connectivity index (χ4v) is 2.08. The molecule has 1 aromatic rings. The Bertz CT molecular complexity index is 427. The van der Waals surface area contributed by atoms with Gasteiger partial charge in [-0.3, -0.25) is 4.79 Å². The lowest BCUT2D eigenvalue weighted by Gasteiger charge is -2.24. The Hall–Kier alpha value is -1.51. The van der Waals surface area contributed by atoms with Gasteiger partial charge >= 0.3 is 0 Å². The number of benzene rings is 1. The lowest BCUT2D eigenvalue weighted by Crippen LogP contribution is -2.40. The first-order valence-corrected chi connectivity index (χ1v) is 7.35. The molecule has 3 nitrogen and oxygen atoms in total. The zero-order chi connectivity index (χ0) is 15.3. The van der Waals surface area contributed by atoms with E-state index in [0.717, 1.165) is 5.75 Å². The van der Waals surface area contributed by atoms with Crippen molar-refractivity contribution in [1.29, 1.82) is 0 Å². The standard InChI is InChI=1S/C17H27NO2/c1-7-18(8-2)16(19)13(3)20-15-11-9-14(10-12-15)17(4,5)6/h9-13H,7-8H2,1-6H3/t13-/m1/s1. The lowest BCUT2D eigenvalue weighted by atomic mass is 9.87. The largest absolute Gasteiger partial charge is 0.481 e. The van der Waals surface area contributed by atoms with Gasteiger partial charge in [-0.05, 0) is 43.9 Å². The van der Waals surface area contributed by atoms with Gasteiger partial charge in [-0.15, -0.1) is 0 Å². The minimum atomic E-state index is -0.449. The minimum absolute atomic E-state index is 0.0369. The maximum atomic E-state index is 12.1. The summed E-state index contributed by atoms with van der Waals surface area (Å²) in [5, 5.41) is 0. The van der Waals surface area contributed by atoms with Crippen LogP contribution >= 0.6 is 0 Å². The second-order valence-electron chi connectivity index (χ2n) is 6.04. The smallest absolute Gasteiger partial charge is 0.263 e. The highest BCUT2D eigenvalue weighted by molar-refractivity contribution is 5.80. The van der Waals surface area contributed by atoms with Gasteiger partial charge in [0.1, 0.15) is 5.75 Å². The summed E-state index contributed by atoms with van der Waals surface area (Å²) < 4.78 is 5.74. The maximum absolute atomic E-state index is 12.1. The molecule has 0 aliphatic heterocycles. The second-order valence-corrected chi connectivity index (χ2v) is 6.04. The molecule has 0 aliphatic rings. The van der Waals surface area contributed by atoms with Gasteiger partial charge in [0.05, 0.1) is 0 Å². The first-order valence-electron chi connectivity index (χ1n) is 7.35. The van der Waals surface area contributed by atoms with E-state index in [-0.39, 0.29) is 11.3 Å². The third kappa shape index (κ3) is 4.26. The van der Waals surface area contributed by atoms with E-state index in [0.29, 0.717) is 13.1 Å². The first-order chi connectivity index (χ1) is 9.29. The highest BCUT2D eigenvalue weighted by Gasteiger charge is 2.20. The Morgan fingerprint density at radius 1 is 1.15 bits per heavy atom. The van der Waals surface area contributed by atoms with Gasteiger partial charge in [0.2, 0.25) is 0 Å². The molecule has 0 aliphatic carbocycles. The summed E-state index contributed by atoms with van der Waals surface area (Å²) in [4.78, 5) is 13.9. The summed E-state index contributed by atoms with van der Waals surface area (Å²) in [6.07, 6.45) is -0.449. The van der Waals surface area contributed by atoms with Crippen molar-refractivity contribution in [3.8, 4) is 5.75 Å². The molecule has 0 bridgehead atoms. The van der Waals surface area contributed by atoms with Crippen LogP contribution in [0.25, 0.3) is 0 Å². The summed E-state index contributed by atoms with van der Waals surface area (Å²) in [6, 6.07) is 7.99. The van der Waals surface area contributed by atoms with Crippen molar-refractivity contribution >= 4 is 5.91 Å². The van der Waals surface area contributed by atoms with Gasteiger partial charge in [-0.1, -0.05) is 32.9 Å². The van der Waals surface area contributed by atoms with E-state index < -0.39 is 6.10 Å². The molecule has 0 aromatic heterocycles. The average Bonchev–Trinajstić information content (AvgIpc) is 2.39. The topological polar surface area (TPSA) is 29.5 Å². The molecule has 0 saturated heterocycles. The SMILES string of the molecule is CCN(CC)C(=O)[C@@H](C)Oc1ccc(C(C)(C)C)cc1. The first kappa shape index (κ1) is 16.5. The number of rotatable bonds is 5. The molecule has 20 heavy (non-hydrogen) atoms. The third-order valence-corrected chi connectivity index (χ3v) is 3.46. The molecule has 112 valence electrons. The van der Waals surface area contributed by atoms with Crippen molar-refractivity contribution < 1.29 is 9.53 Å². The van der Waals surface area contributed by atoms with Crippen LogP contribution in [0.2, 0.25) is 0 Å². The molecule has 0 unspecified atom stereocenters. The van der Waals surface area contributed by atoms with E-state index >= 15 is 0 Å². The van der Waals surface area contributed by atoms with E-state index in [2.05, 4.69) is 32.9 Å². The Labute approximate surface area is 122 Å². The molecule has 1 atom stereocenters. The van der Waals surface area contributed by atoms with Crippen LogP contribution in [0, 0.1) is 0 Å². The Morgan fingerprint density at radius 3 is 2.05 bits per heavy atom. The van der Waals surface area contributed by atoms with E-state index in [1.807, 2.05) is 26.0 Å². The van der Waals surface area contributed by atoms with E-state index in [1.165, 1.54) is 5.56 Å². The fraction of sp³-hybridized carbons (Fsp3) is 0.588. The zero-order valence-electron chi connectivity index (χ0n) is 13.6. The number of hydrogen-bond acceptors (Lipinski definition) is 2. The van der Waals surface area contributed by atoms with Crippen LogP contribution in [0.4, 0.5) is 0 Å². The number of amides is 1. The maximum Gasteiger partial charge on any atom is 0.263 e. The molecule has 0 saturated carbocycles. The third-order valence-electron chi connectivity index (χ3n) is 3.46. The Kier molecular flexibility index (Phi) is 5.61. The summed E-state index contributed by atoms with van der Waals surface area (Å²) >= 11 is 0. The molecular weight excluding hydrogens is 250 g/mol. The van der Waals surface area contributed by atoms with Gasteiger partial charge in [-0.2, -0.15) is 0 Å². The second kappa shape index (κ2) is 6.78. The van der Waals surface area contributed by atoms with Crippen LogP contribution in [0.5, 0.6) is 5.75 Å². The van der Waals surface area contributed by atoms with Gasteiger partial charge in [-0.25, -0.2) is 0 Å². The van der Waals surface area contributed by atoms with Gasteiger partial charge in [0.25, 0.3) is 5.91 Å². The monoisotopic (exact) mass is 277 g/mol. The number of hydrogen-bond donors (Lipinski definition) is 0. The number of carbonyl (C=O) groups is 1. The van der Waals surface area contributed by atoms with Crippen LogP contribution in [0.1, 0.15) is 47.1 Å². The Morgan fingerprint density at radius 2 is 1.65 bits per heavy atom. The molecule has 1 amide bonds. The molecule has 0 fully saturated rings. The highest BCUT2D eigenvalue weighted by atomic mass is 16.5. The van der Waals surface area contributed by atoms with Crippen molar-refractivity contribution in [2.75, 3.05) is 13.1 Å². The van der Waals surface area contributed by atoms with Crippen molar-refractivity contribution in [2.24, 2.45) is 0 Å². The van der Waals surface area contributed by atoms with E-state index in [9.17, 15) is 4.79 Å². The van der Waals surface area contributed by atoms with Crippen LogP contribution in [-0.2, 0) is 10.2 Å². The molecule has 1 aromatic carbocycles. The van der Waals surface area contributed by atoms with Crippen molar-refractivity contribution in [3.05, 3.63) is 29.8 Å². The number of nitrogens with zero attached hydrogens (tertiary/aromatic N) is 1. The van der Waals surface area contributed by atoms with Gasteiger partial charge in [0.15, 0.2) is 6.10 Å². The Balaban J connectivity index is 2.71. The van der Waals surface area contributed by atoms with Crippen molar-refractivity contribution in [1.82, 2.24) is 4.90 Å². The predicted molar refractivity (Wildman–Crippen MR) is 83.2 cm³/mol. The van der Waals surface area contributed by atoms with E-state index in [4.69, 9.17) is 4.74 Å². The van der Waals surface area contributed by atoms with Crippen LogP contribution < -0.4 is 4.74 Å². The van der Waals surface area contributed by atoms with Crippen LogP contribution in [0.15, 0.2) is 24.3 Å². The molecule has 0 spiro atoms. The molecule has 0 radical (unpaired) electrons. The zero-order valence-corrected chi connectivity index (χ0v) is 13.6. The summed E-state index contributed by atoms with van der Waals surface area (Å²) in [7, 11) is 0. The molecule has 0 N–H and O–H groups in total. The molecule has 0 heterocycles. The number of ether oxygens (including phenoxy) is 1. The average molecular weight is 277 g/mol.